The van der Waals surface area contributed by atoms with Gasteiger partial charge in [0, 0.05) is 49.6 Å². The predicted octanol–water partition coefficient (Wildman–Crippen LogP) is 2.92. The van der Waals surface area contributed by atoms with Gasteiger partial charge in [-0.1, -0.05) is 6.92 Å². The van der Waals surface area contributed by atoms with Gasteiger partial charge in [0.2, 0.25) is 0 Å². The molecule has 5 nitrogen and oxygen atoms in total. The van der Waals surface area contributed by atoms with Crippen LogP contribution in [0.5, 0.6) is 0 Å². The summed E-state index contributed by atoms with van der Waals surface area (Å²) in [5.41, 5.74) is 0. The largest absolute Gasteiger partial charge is 0.349 e. The molecule has 22 heavy (non-hydrogen) atoms. The molecule has 6 heteroatoms. The molecule has 0 radical (unpaired) electrons. The van der Waals surface area contributed by atoms with Crippen molar-refractivity contribution in [3.8, 4) is 0 Å². The average Bonchev–Trinajstić information content (AvgIpc) is 3.11. The van der Waals surface area contributed by atoms with Gasteiger partial charge in [0.05, 0.1) is 0 Å². The van der Waals surface area contributed by atoms with E-state index in [4.69, 9.17) is 0 Å². The summed E-state index contributed by atoms with van der Waals surface area (Å²) in [6.07, 6.45) is 5.91. The van der Waals surface area contributed by atoms with Gasteiger partial charge in [-0.05, 0) is 33.2 Å². The minimum atomic E-state index is 0.572. The molecule has 122 valence electrons. The second kappa shape index (κ2) is 8.29. The normalized spacial score (nSPS) is 12.5. The Kier molecular flexibility index (Phi) is 6.39. The molecular weight excluding hydrogens is 294 g/mol. The highest BCUT2D eigenvalue weighted by Crippen LogP contribution is 2.22. The molecule has 1 atom stereocenters. The zero-order valence-corrected chi connectivity index (χ0v) is 14.9. The standard InChI is InChI=1S/C16H27N5S/c1-5-20(6-2)16-19-11-15(22-16)10-17-9-13(3)12-21-8-7-18-14(21)4/h7-8,11,13,17H,5-6,9-10,12H2,1-4H3. The van der Waals surface area contributed by atoms with Gasteiger partial charge in [0.25, 0.3) is 0 Å². The van der Waals surface area contributed by atoms with E-state index < -0.39 is 0 Å². The Labute approximate surface area is 137 Å². The molecule has 2 aromatic rings. The van der Waals surface area contributed by atoms with Crippen LogP contribution >= 0.6 is 11.3 Å². The van der Waals surface area contributed by atoms with Gasteiger partial charge in [0.1, 0.15) is 5.82 Å². The number of aryl methyl sites for hydroxylation is 1. The lowest BCUT2D eigenvalue weighted by Gasteiger charge is -2.16. The maximum atomic E-state index is 4.52. The Balaban J connectivity index is 1.75. The van der Waals surface area contributed by atoms with Crippen molar-refractivity contribution in [3.63, 3.8) is 0 Å². The number of thiazole rings is 1. The topological polar surface area (TPSA) is 46.0 Å². The number of nitrogens with zero attached hydrogens (tertiary/aromatic N) is 4. The van der Waals surface area contributed by atoms with Crippen LogP contribution in [-0.2, 0) is 13.1 Å². The molecule has 0 spiro atoms. The second-order valence-corrected chi connectivity index (χ2v) is 6.74. The van der Waals surface area contributed by atoms with Gasteiger partial charge in [-0.3, -0.25) is 0 Å². The van der Waals surface area contributed by atoms with Crippen molar-refractivity contribution in [3.05, 3.63) is 29.3 Å². The highest BCUT2D eigenvalue weighted by molar-refractivity contribution is 7.15. The summed E-state index contributed by atoms with van der Waals surface area (Å²) in [6, 6.07) is 0. The Bertz CT molecular complexity index is 558. The van der Waals surface area contributed by atoms with Gasteiger partial charge in [0.15, 0.2) is 5.13 Å². The lowest BCUT2D eigenvalue weighted by atomic mass is 10.2. The summed E-state index contributed by atoms with van der Waals surface area (Å²) in [4.78, 5) is 12.4. The summed E-state index contributed by atoms with van der Waals surface area (Å²) in [6.45, 7) is 13.6. The van der Waals surface area contributed by atoms with Crippen LogP contribution in [0.4, 0.5) is 5.13 Å². The molecule has 2 rings (SSSR count). The number of aromatic nitrogens is 3. The van der Waals surface area contributed by atoms with Gasteiger partial charge < -0.3 is 14.8 Å². The number of rotatable bonds is 9. The first kappa shape index (κ1) is 17.0. The fourth-order valence-electron chi connectivity index (χ4n) is 2.46. The molecule has 0 aliphatic heterocycles. The van der Waals surface area contributed by atoms with Crippen LogP contribution < -0.4 is 10.2 Å². The molecule has 0 amide bonds. The first-order valence-corrected chi connectivity index (χ1v) is 8.83. The summed E-state index contributed by atoms with van der Waals surface area (Å²) < 4.78 is 2.21. The molecule has 0 aliphatic rings. The van der Waals surface area contributed by atoms with Crippen molar-refractivity contribution >= 4 is 16.5 Å². The minimum absolute atomic E-state index is 0.572. The molecule has 0 fully saturated rings. The van der Waals surface area contributed by atoms with Crippen LogP contribution in [0.3, 0.4) is 0 Å². The molecule has 0 bridgehead atoms. The first-order valence-electron chi connectivity index (χ1n) is 8.02. The van der Waals surface area contributed by atoms with E-state index in [0.29, 0.717) is 5.92 Å². The van der Waals surface area contributed by atoms with E-state index in [-0.39, 0.29) is 0 Å². The monoisotopic (exact) mass is 321 g/mol. The lowest BCUT2D eigenvalue weighted by Crippen LogP contribution is -2.23. The third kappa shape index (κ3) is 4.55. The van der Waals surface area contributed by atoms with E-state index >= 15 is 0 Å². The van der Waals surface area contributed by atoms with Crippen LogP contribution in [-0.4, -0.2) is 34.2 Å². The molecule has 2 aromatic heterocycles. The molecule has 0 aromatic carbocycles. The van der Waals surface area contributed by atoms with Crippen molar-refractivity contribution in [2.45, 2.75) is 40.8 Å². The maximum absolute atomic E-state index is 4.52. The number of imidazole rings is 1. The van der Waals surface area contributed by atoms with E-state index in [9.17, 15) is 0 Å². The van der Waals surface area contributed by atoms with Gasteiger partial charge in [-0.2, -0.15) is 0 Å². The zero-order chi connectivity index (χ0) is 15.9. The molecule has 0 saturated carbocycles. The van der Waals surface area contributed by atoms with Gasteiger partial charge in [-0.15, -0.1) is 11.3 Å². The fraction of sp³-hybridized carbons (Fsp3) is 0.625. The Morgan fingerprint density at radius 3 is 2.73 bits per heavy atom. The highest BCUT2D eigenvalue weighted by atomic mass is 32.1. The molecule has 1 N–H and O–H groups in total. The van der Waals surface area contributed by atoms with Crippen LogP contribution in [0, 0.1) is 12.8 Å². The Morgan fingerprint density at radius 2 is 2.09 bits per heavy atom. The SMILES string of the molecule is CCN(CC)c1ncc(CNCC(C)Cn2ccnc2C)s1. The van der Waals surface area contributed by atoms with E-state index in [1.54, 1.807) is 11.3 Å². The third-order valence-electron chi connectivity index (χ3n) is 3.80. The van der Waals surface area contributed by atoms with Gasteiger partial charge >= 0.3 is 0 Å². The summed E-state index contributed by atoms with van der Waals surface area (Å²) >= 11 is 1.79. The van der Waals surface area contributed by atoms with E-state index in [1.165, 1.54) is 4.88 Å². The first-order chi connectivity index (χ1) is 10.6. The maximum Gasteiger partial charge on any atom is 0.185 e. The summed E-state index contributed by atoms with van der Waals surface area (Å²) in [5, 5.41) is 4.67. The molecule has 2 heterocycles. The Morgan fingerprint density at radius 1 is 1.32 bits per heavy atom. The van der Waals surface area contributed by atoms with Crippen molar-refractivity contribution < 1.29 is 0 Å². The molecular formula is C16H27N5S. The highest BCUT2D eigenvalue weighted by Gasteiger charge is 2.09. The van der Waals surface area contributed by atoms with E-state index in [0.717, 1.165) is 43.7 Å². The smallest absolute Gasteiger partial charge is 0.185 e. The third-order valence-corrected chi connectivity index (χ3v) is 4.86. The summed E-state index contributed by atoms with van der Waals surface area (Å²) in [7, 11) is 0. The van der Waals surface area contributed by atoms with Crippen molar-refractivity contribution in [2.75, 3.05) is 24.5 Å². The van der Waals surface area contributed by atoms with Crippen molar-refractivity contribution in [1.29, 1.82) is 0 Å². The summed E-state index contributed by atoms with van der Waals surface area (Å²) in [5.74, 6) is 1.65. The fourth-order valence-corrected chi connectivity index (χ4v) is 3.46. The average molecular weight is 321 g/mol. The van der Waals surface area contributed by atoms with Crippen molar-refractivity contribution in [2.24, 2.45) is 5.92 Å². The van der Waals surface area contributed by atoms with Crippen molar-refractivity contribution in [1.82, 2.24) is 19.9 Å². The minimum Gasteiger partial charge on any atom is -0.349 e. The second-order valence-electron chi connectivity index (χ2n) is 5.64. The molecule has 0 aliphatic carbocycles. The van der Waals surface area contributed by atoms with Gasteiger partial charge in [-0.25, -0.2) is 9.97 Å². The molecule has 1 unspecified atom stereocenters. The van der Waals surface area contributed by atoms with Crippen LogP contribution in [0.1, 0.15) is 31.5 Å². The van der Waals surface area contributed by atoms with E-state index in [2.05, 4.69) is 45.5 Å². The number of hydrogen-bond donors (Lipinski definition) is 1. The molecule has 0 saturated heterocycles. The lowest BCUT2D eigenvalue weighted by molar-refractivity contribution is 0.441. The Hall–Kier alpha value is -1.40. The quantitative estimate of drug-likeness (QED) is 0.771. The zero-order valence-electron chi connectivity index (χ0n) is 14.0. The number of hydrogen-bond acceptors (Lipinski definition) is 5. The predicted molar refractivity (Wildman–Crippen MR) is 93.5 cm³/mol. The number of nitrogens with one attached hydrogen (secondary N) is 1. The van der Waals surface area contributed by atoms with Crippen LogP contribution in [0.15, 0.2) is 18.6 Å². The number of anilines is 1. The van der Waals surface area contributed by atoms with Crippen LogP contribution in [0.25, 0.3) is 0 Å². The van der Waals surface area contributed by atoms with Crippen LogP contribution in [0.2, 0.25) is 0 Å². The van der Waals surface area contributed by atoms with E-state index in [1.807, 2.05) is 25.5 Å².